The van der Waals surface area contributed by atoms with Crippen molar-refractivity contribution in [1.29, 1.82) is 0 Å². The molecule has 0 spiro atoms. The summed E-state index contributed by atoms with van der Waals surface area (Å²) in [5.41, 5.74) is 3.77. The summed E-state index contributed by atoms with van der Waals surface area (Å²) in [5, 5.41) is 15.0. The van der Waals surface area contributed by atoms with Gasteiger partial charge in [0, 0.05) is 6.04 Å². The maximum Gasteiger partial charge on any atom is 0.238 e. The van der Waals surface area contributed by atoms with Crippen molar-refractivity contribution in [2.75, 3.05) is 0 Å². The lowest BCUT2D eigenvalue weighted by Crippen LogP contribution is -2.30. The third kappa shape index (κ3) is 3.91. The number of hydrogen-bond donors (Lipinski definition) is 1. The highest BCUT2D eigenvalue weighted by Gasteiger charge is 2.30. The first-order valence-corrected chi connectivity index (χ1v) is 9.98. The van der Waals surface area contributed by atoms with Crippen LogP contribution in [0.1, 0.15) is 34.8 Å². The quantitative estimate of drug-likeness (QED) is 0.644. The summed E-state index contributed by atoms with van der Waals surface area (Å²) in [6.07, 6.45) is 1.99. The Balaban J connectivity index is 1.67. The predicted octanol–water partition coefficient (Wildman–Crippen LogP) is 3.53. The highest BCUT2D eigenvalue weighted by Crippen LogP contribution is 2.36. The van der Waals surface area contributed by atoms with Crippen LogP contribution in [0.25, 0.3) is 5.69 Å². The number of halogens is 1. The van der Waals surface area contributed by atoms with Crippen LogP contribution in [-0.2, 0) is 4.79 Å². The molecule has 3 aromatic rings. The Hall–Kier alpha value is -2.74. The van der Waals surface area contributed by atoms with Crippen LogP contribution in [0.2, 0.25) is 0 Å². The maximum atomic E-state index is 13.4. The number of nitrogens with one attached hydrogen (secondary N) is 1. The minimum absolute atomic E-state index is 0.116. The summed E-state index contributed by atoms with van der Waals surface area (Å²) in [4.78, 5) is 12.9. The van der Waals surface area contributed by atoms with Gasteiger partial charge in [-0.05, 0) is 72.0 Å². The smallest absolute Gasteiger partial charge is 0.238 e. The van der Waals surface area contributed by atoms with Gasteiger partial charge in [-0.3, -0.25) is 4.79 Å². The molecular formula is C20H20FN5OS. The average Bonchev–Trinajstić information content (AvgIpc) is 3.37. The van der Waals surface area contributed by atoms with Gasteiger partial charge in [0.2, 0.25) is 11.1 Å². The van der Waals surface area contributed by atoms with E-state index in [2.05, 4.69) is 20.8 Å². The van der Waals surface area contributed by atoms with Crippen molar-refractivity contribution in [1.82, 2.24) is 25.5 Å². The number of tetrazole rings is 1. The zero-order valence-corrected chi connectivity index (χ0v) is 16.4. The molecule has 2 aromatic carbocycles. The SMILES string of the molecule is Cc1cccc(-n2nnnc2SC(C(=O)NC2CC2)c2ccc(F)cc2)c1C. The molecule has 0 aliphatic heterocycles. The van der Waals surface area contributed by atoms with Crippen molar-refractivity contribution in [3.63, 3.8) is 0 Å². The Morgan fingerprint density at radius 1 is 1.21 bits per heavy atom. The van der Waals surface area contributed by atoms with E-state index in [4.69, 9.17) is 0 Å². The molecule has 1 heterocycles. The molecule has 1 unspecified atom stereocenters. The normalized spacial score (nSPS) is 14.7. The molecule has 1 saturated carbocycles. The second-order valence-corrected chi connectivity index (χ2v) is 8.00. The van der Waals surface area contributed by atoms with E-state index in [9.17, 15) is 9.18 Å². The molecule has 4 rings (SSSR count). The molecule has 0 radical (unpaired) electrons. The summed E-state index contributed by atoms with van der Waals surface area (Å²) < 4.78 is 15.0. The van der Waals surface area contributed by atoms with Gasteiger partial charge in [-0.15, -0.1) is 5.10 Å². The van der Waals surface area contributed by atoms with E-state index >= 15 is 0 Å². The largest absolute Gasteiger partial charge is 0.352 e. The highest BCUT2D eigenvalue weighted by atomic mass is 32.2. The maximum absolute atomic E-state index is 13.4. The van der Waals surface area contributed by atoms with Crippen LogP contribution in [0.15, 0.2) is 47.6 Å². The van der Waals surface area contributed by atoms with Crippen molar-refractivity contribution in [2.45, 2.75) is 43.1 Å². The molecule has 28 heavy (non-hydrogen) atoms. The van der Waals surface area contributed by atoms with E-state index in [-0.39, 0.29) is 17.8 Å². The van der Waals surface area contributed by atoms with Gasteiger partial charge in [0.15, 0.2) is 0 Å². The Morgan fingerprint density at radius 2 is 1.96 bits per heavy atom. The van der Waals surface area contributed by atoms with E-state index in [0.717, 1.165) is 29.7 Å². The summed E-state index contributed by atoms with van der Waals surface area (Å²) in [6.45, 7) is 4.04. The number of aromatic nitrogens is 4. The van der Waals surface area contributed by atoms with Gasteiger partial charge in [0.1, 0.15) is 11.1 Å². The van der Waals surface area contributed by atoms with Gasteiger partial charge in [0.05, 0.1) is 5.69 Å². The molecule has 1 aromatic heterocycles. The first-order chi connectivity index (χ1) is 13.5. The molecule has 0 bridgehead atoms. The van der Waals surface area contributed by atoms with Crippen LogP contribution in [-0.4, -0.2) is 32.2 Å². The van der Waals surface area contributed by atoms with E-state index in [1.807, 2.05) is 32.0 Å². The molecule has 1 atom stereocenters. The zero-order valence-electron chi connectivity index (χ0n) is 15.6. The van der Waals surface area contributed by atoms with Crippen LogP contribution in [0, 0.1) is 19.7 Å². The minimum Gasteiger partial charge on any atom is -0.352 e. The number of carbonyl (C=O) groups is 1. The van der Waals surface area contributed by atoms with Gasteiger partial charge in [-0.1, -0.05) is 36.0 Å². The van der Waals surface area contributed by atoms with Crippen molar-refractivity contribution < 1.29 is 9.18 Å². The lowest BCUT2D eigenvalue weighted by atomic mass is 10.1. The van der Waals surface area contributed by atoms with Crippen molar-refractivity contribution in [2.24, 2.45) is 0 Å². The number of amides is 1. The highest BCUT2D eigenvalue weighted by molar-refractivity contribution is 8.00. The first-order valence-electron chi connectivity index (χ1n) is 9.10. The fraction of sp³-hybridized carbons (Fsp3) is 0.300. The Bertz CT molecular complexity index is 1000. The van der Waals surface area contributed by atoms with E-state index < -0.39 is 5.25 Å². The van der Waals surface area contributed by atoms with Crippen molar-refractivity contribution in [3.05, 3.63) is 65.0 Å². The van der Waals surface area contributed by atoms with Crippen LogP contribution >= 0.6 is 11.8 Å². The molecule has 144 valence electrons. The Labute approximate surface area is 166 Å². The van der Waals surface area contributed by atoms with Crippen LogP contribution in [0.3, 0.4) is 0 Å². The number of hydrogen-bond acceptors (Lipinski definition) is 5. The van der Waals surface area contributed by atoms with Gasteiger partial charge in [-0.25, -0.2) is 4.39 Å². The molecule has 0 saturated heterocycles. The Morgan fingerprint density at radius 3 is 2.68 bits per heavy atom. The summed E-state index contributed by atoms with van der Waals surface area (Å²) in [7, 11) is 0. The molecule has 1 aliphatic rings. The Kier molecular flexibility index (Phi) is 5.13. The van der Waals surface area contributed by atoms with Gasteiger partial charge in [-0.2, -0.15) is 4.68 Å². The van der Waals surface area contributed by atoms with Crippen LogP contribution < -0.4 is 5.32 Å². The fourth-order valence-corrected chi connectivity index (χ4v) is 3.89. The summed E-state index contributed by atoms with van der Waals surface area (Å²) in [5.74, 6) is -0.454. The predicted molar refractivity (Wildman–Crippen MR) is 105 cm³/mol. The van der Waals surface area contributed by atoms with Crippen molar-refractivity contribution >= 4 is 17.7 Å². The summed E-state index contributed by atoms with van der Waals surface area (Å²) in [6, 6.07) is 12.1. The molecule has 1 fully saturated rings. The van der Waals surface area contributed by atoms with E-state index in [1.54, 1.807) is 16.8 Å². The number of thioether (sulfide) groups is 1. The lowest BCUT2D eigenvalue weighted by molar-refractivity contribution is -0.120. The molecule has 1 N–H and O–H groups in total. The molecule has 8 heteroatoms. The van der Waals surface area contributed by atoms with Crippen LogP contribution in [0.5, 0.6) is 0 Å². The summed E-state index contributed by atoms with van der Waals surface area (Å²) >= 11 is 1.26. The topological polar surface area (TPSA) is 72.7 Å². The van der Waals surface area contributed by atoms with E-state index in [1.165, 1.54) is 23.9 Å². The minimum atomic E-state index is -0.573. The second kappa shape index (κ2) is 7.71. The van der Waals surface area contributed by atoms with Gasteiger partial charge < -0.3 is 5.32 Å². The van der Waals surface area contributed by atoms with Gasteiger partial charge >= 0.3 is 0 Å². The van der Waals surface area contributed by atoms with Crippen LogP contribution in [0.4, 0.5) is 4.39 Å². The molecule has 1 amide bonds. The number of carbonyl (C=O) groups excluding carboxylic acids is 1. The molecule has 1 aliphatic carbocycles. The van der Waals surface area contributed by atoms with Gasteiger partial charge in [0.25, 0.3) is 0 Å². The van der Waals surface area contributed by atoms with E-state index in [0.29, 0.717) is 10.7 Å². The third-order valence-corrected chi connectivity index (χ3v) is 5.99. The second-order valence-electron chi connectivity index (χ2n) is 6.92. The number of rotatable bonds is 6. The van der Waals surface area contributed by atoms with Crippen molar-refractivity contribution in [3.8, 4) is 5.69 Å². The average molecular weight is 397 g/mol. The monoisotopic (exact) mass is 397 g/mol. The third-order valence-electron chi connectivity index (χ3n) is 4.80. The lowest BCUT2D eigenvalue weighted by Gasteiger charge is -2.17. The zero-order chi connectivity index (χ0) is 19.7. The molecular weight excluding hydrogens is 377 g/mol. The standard InChI is InChI=1S/C20H20FN5OS/c1-12-4-3-5-17(13(12)2)26-20(23-24-25-26)28-18(19(27)22-16-10-11-16)14-6-8-15(21)9-7-14/h3-9,16,18H,10-11H2,1-2H3,(H,22,27). The number of nitrogens with zero attached hydrogens (tertiary/aromatic N) is 4. The fourth-order valence-electron chi connectivity index (χ4n) is 2.89. The molecule has 6 nitrogen and oxygen atoms in total. The first kappa shape index (κ1) is 18.6. The number of aryl methyl sites for hydroxylation is 1. The number of benzene rings is 2.